The van der Waals surface area contributed by atoms with Gasteiger partial charge in [-0.25, -0.2) is 13.6 Å². The first kappa shape index (κ1) is 15.5. The number of benzene rings is 2. The van der Waals surface area contributed by atoms with Gasteiger partial charge in [0.1, 0.15) is 5.75 Å². The average Bonchev–Trinajstić information content (AvgIpc) is 2.62. The quantitative estimate of drug-likeness (QED) is 0.871. The number of amides is 1. The fraction of sp³-hybridized carbons (Fsp3) is 0.133. The smallest absolute Gasteiger partial charge is 0.262 e. The number of nitrogens with two attached hydrogens (primary N) is 2. The molecule has 1 aliphatic rings. The van der Waals surface area contributed by atoms with Gasteiger partial charge in [-0.1, -0.05) is 12.1 Å². The lowest BCUT2D eigenvalue weighted by atomic mass is 10.1. The molecule has 120 valence electrons. The largest absolute Gasteiger partial charge is 0.454 e. The van der Waals surface area contributed by atoms with Gasteiger partial charge in [0.15, 0.2) is 5.75 Å². The molecule has 0 radical (unpaired) electrons. The van der Waals surface area contributed by atoms with Gasteiger partial charge in [-0.2, -0.15) is 0 Å². The van der Waals surface area contributed by atoms with Crippen LogP contribution in [0.25, 0.3) is 0 Å². The predicted molar refractivity (Wildman–Crippen MR) is 85.1 cm³/mol. The van der Waals surface area contributed by atoms with Crippen molar-refractivity contribution in [3.05, 3.63) is 48.0 Å². The number of ether oxygens (including phenoxy) is 1. The maximum atomic E-state index is 12.7. The number of rotatable bonds is 3. The lowest BCUT2D eigenvalue weighted by molar-refractivity contribution is 0.0988. The first-order valence-electron chi connectivity index (χ1n) is 6.87. The fourth-order valence-electron chi connectivity index (χ4n) is 2.43. The van der Waals surface area contributed by atoms with Gasteiger partial charge in [0.2, 0.25) is 10.0 Å². The molecule has 4 N–H and O–H groups in total. The first-order chi connectivity index (χ1) is 10.9. The summed E-state index contributed by atoms with van der Waals surface area (Å²) in [5, 5.41) is 5.16. The van der Waals surface area contributed by atoms with Crippen LogP contribution in [0.2, 0.25) is 0 Å². The van der Waals surface area contributed by atoms with Gasteiger partial charge < -0.3 is 15.4 Å². The minimum absolute atomic E-state index is 0.0872. The molecule has 0 atom stereocenters. The summed E-state index contributed by atoms with van der Waals surface area (Å²) in [6.07, 6.45) is 0. The Kier molecular flexibility index (Phi) is 3.80. The second-order valence-electron chi connectivity index (χ2n) is 5.02. The Hall–Kier alpha value is -2.42. The van der Waals surface area contributed by atoms with Gasteiger partial charge in [0, 0.05) is 19.2 Å². The highest BCUT2D eigenvalue weighted by atomic mass is 32.2. The van der Waals surface area contributed by atoms with E-state index in [-0.39, 0.29) is 29.6 Å². The summed E-state index contributed by atoms with van der Waals surface area (Å²) < 4.78 is 28.8. The molecule has 2 aromatic rings. The van der Waals surface area contributed by atoms with Crippen LogP contribution >= 0.6 is 0 Å². The van der Waals surface area contributed by atoms with Crippen molar-refractivity contribution in [3.8, 4) is 11.5 Å². The van der Waals surface area contributed by atoms with Gasteiger partial charge in [-0.15, -0.1) is 0 Å². The van der Waals surface area contributed by atoms with Crippen molar-refractivity contribution in [2.75, 3.05) is 18.0 Å². The van der Waals surface area contributed by atoms with Crippen molar-refractivity contribution in [1.82, 2.24) is 0 Å². The normalized spacial score (nSPS) is 13.8. The van der Waals surface area contributed by atoms with Crippen LogP contribution in [0.5, 0.6) is 11.5 Å². The number of para-hydroxylation sites is 1. The maximum absolute atomic E-state index is 12.7. The van der Waals surface area contributed by atoms with Crippen molar-refractivity contribution in [3.63, 3.8) is 0 Å². The van der Waals surface area contributed by atoms with E-state index in [1.54, 1.807) is 24.3 Å². The van der Waals surface area contributed by atoms with Gasteiger partial charge >= 0.3 is 0 Å². The second kappa shape index (κ2) is 5.65. The molecule has 3 rings (SSSR count). The molecule has 0 bridgehead atoms. The Morgan fingerprint density at radius 1 is 1.09 bits per heavy atom. The number of carbonyl (C=O) groups is 1. The highest BCUT2D eigenvalue weighted by Gasteiger charge is 2.28. The molecule has 0 aromatic heterocycles. The molecule has 1 aliphatic heterocycles. The number of fused-ring (bicyclic) bond motifs is 2. The first-order valence-corrected chi connectivity index (χ1v) is 8.42. The summed E-state index contributed by atoms with van der Waals surface area (Å²) in [5.41, 5.74) is 6.43. The highest BCUT2D eigenvalue weighted by Crippen LogP contribution is 2.39. The Balaban J connectivity index is 2.22. The monoisotopic (exact) mass is 333 g/mol. The number of sulfonamides is 1. The van der Waals surface area contributed by atoms with E-state index < -0.39 is 10.0 Å². The Labute approximate surface area is 133 Å². The molecule has 1 amide bonds. The van der Waals surface area contributed by atoms with Gasteiger partial charge in [0.05, 0.1) is 16.1 Å². The standard InChI is InChI=1S/C15H15N3O4S/c16-7-8-18-12-6-5-10(23(17,20)21)9-14(12)22-13-4-2-1-3-11(13)15(18)19/h1-6,9H,7-8,16H2,(H2,17,20,21). The Bertz CT molecular complexity index is 880. The number of anilines is 1. The molecule has 0 saturated heterocycles. The van der Waals surface area contributed by atoms with Crippen LogP contribution < -0.4 is 20.5 Å². The third kappa shape index (κ3) is 2.79. The van der Waals surface area contributed by atoms with Crippen molar-refractivity contribution < 1.29 is 17.9 Å². The lowest BCUT2D eigenvalue weighted by Crippen LogP contribution is -2.34. The van der Waals surface area contributed by atoms with Gasteiger partial charge in [-0.05, 0) is 24.3 Å². The van der Waals surface area contributed by atoms with E-state index in [9.17, 15) is 13.2 Å². The summed E-state index contributed by atoms with van der Waals surface area (Å²) in [6, 6.07) is 10.9. The minimum Gasteiger partial charge on any atom is -0.454 e. The molecule has 0 saturated carbocycles. The summed E-state index contributed by atoms with van der Waals surface area (Å²) in [5.74, 6) is 0.335. The lowest BCUT2D eigenvalue weighted by Gasteiger charge is -2.21. The molecule has 7 nitrogen and oxygen atoms in total. The summed E-state index contributed by atoms with van der Waals surface area (Å²) in [6.45, 7) is 0.530. The van der Waals surface area contributed by atoms with Crippen molar-refractivity contribution >= 4 is 21.6 Å². The van der Waals surface area contributed by atoms with Crippen LogP contribution in [0.15, 0.2) is 47.4 Å². The zero-order chi connectivity index (χ0) is 16.6. The summed E-state index contributed by atoms with van der Waals surface area (Å²) in [7, 11) is -3.88. The van der Waals surface area contributed by atoms with Crippen LogP contribution in [0.3, 0.4) is 0 Å². The van der Waals surface area contributed by atoms with E-state index in [0.717, 1.165) is 0 Å². The SMILES string of the molecule is NCCN1C(=O)c2ccccc2Oc2cc(S(N)(=O)=O)ccc21. The molecule has 0 unspecified atom stereocenters. The molecule has 0 aliphatic carbocycles. The zero-order valence-electron chi connectivity index (χ0n) is 12.1. The van der Waals surface area contributed by atoms with E-state index in [2.05, 4.69) is 0 Å². The van der Waals surface area contributed by atoms with Crippen LogP contribution in [0, 0.1) is 0 Å². The Morgan fingerprint density at radius 2 is 1.83 bits per heavy atom. The topological polar surface area (TPSA) is 116 Å². The van der Waals surface area contributed by atoms with E-state index in [1.165, 1.54) is 23.1 Å². The number of primary sulfonamides is 1. The van der Waals surface area contributed by atoms with Crippen molar-refractivity contribution in [1.29, 1.82) is 0 Å². The summed E-state index contributed by atoms with van der Waals surface area (Å²) in [4.78, 5) is 14.1. The predicted octanol–water partition coefficient (Wildman–Crippen LogP) is 1.05. The number of hydrogen-bond donors (Lipinski definition) is 2. The van der Waals surface area contributed by atoms with Crippen LogP contribution in [-0.2, 0) is 10.0 Å². The van der Waals surface area contributed by atoms with Gasteiger partial charge in [-0.3, -0.25) is 4.79 Å². The van der Waals surface area contributed by atoms with Crippen LogP contribution in [0.1, 0.15) is 10.4 Å². The molecule has 23 heavy (non-hydrogen) atoms. The average molecular weight is 333 g/mol. The van der Waals surface area contributed by atoms with Crippen LogP contribution in [-0.4, -0.2) is 27.4 Å². The third-order valence-electron chi connectivity index (χ3n) is 3.49. The molecular weight excluding hydrogens is 318 g/mol. The minimum atomic E-state index is -3.88. The number of nitrogens with zero attached hydrogens (tertiary/aromatic N) is 1. The number of carbonyl (C=O) groups excluding carboxylic acids is 1. The van der Waals surface area contributed by atoms with E-state index in [1.807, 2.05) is 0 Å². The number of hydrogen-bond acceptors (Lipinski definition) is 5. The zero-order valence-corrected chi connectivity index (χ0v) is 12.9. The summed E-state index contributed by atoms with van der Waals surface area (Å²) >= 11 is 0. The highest BCUT2D eigenvalue weighted by molar-refractivity contribution is 7.89. The van der Waals surface area contributed by atoms with E-state index in [0.29, 0.717) is 17.0 Å². The Morgan fingerprint density at radius 3 is 2.52 bits per heavy atom. The van der Waals surface area contributed by atoms with Crippen LogP contribution in [0.4, 0.5) is 5.69 Å². The fourth-order valence-corrected chi connectivity index (χ4v) is 2.96. The maximum Gasteiger partial charge on any atom is 0.262 e. The van der Waals surface area contributed by atoms with Crippen molar-refractivity contribution in [2.45, 2.75) is 4.90 Å². The molecule has 1 heterocycles. The second-order valence-corrected chi connectivity index (χ2v) is 6.58. The molecule has 8 heteroatoms. The van der Waals surface area contributed by atoms with Crippen molar-refractivity contribution in [2.24, 2.45) is 10.9 Å². The van der Waals surface area contributed by atoms with E-state index >= 15 is 0 Å². The third-order valence-corrected chi connectivity index (χ3v) is 4.40. The molecule has 0 fully saturated rings. The van der Waals surface area contributed by atoms with Gasteiger partial charge in [0.25, 0.3) is 5.91 Å². The van der Waals surface area contributed by atoms with E-state index in [4.69, 9.17) is 15.6 Å². The molecular formula is C15H15N3O4S. The molecule has 2 aromatic carbocycles. The molecule has 0 spiro atoms.